The van der Waals surface area contributed by atoms with Crippen molar-refractivity contribution < 1.29 is 18.7 Å². The first-order chi connectivity index (χ1) is 10.7. The number of rotatable bonds is 4. The quantitative estimate of drug-likeness (QED) is 0.928. The lowest BCUT2D eigenvalue weighted by molar-refractivity contribution is -0.223. The Morgan fingerprint density at radius 2 is 2.17 bits per heavy atom. The van der Waals surface area contributed by atoms with Crippen molar-refractivity contribution in [1.82, 2.24) is 14.3 Å². The van der Waals surface area contributed by atoms with Crippen molar-refractivity contribution in [3.8, 4) is 0 Å². The highest BCUT2D eigenvalue weighted by molar-refractivity contribution is 7.17. The molecule has 2 heterocycles. The minimum absolute atomic E-state index is 0.0215. The van der Waals surface area contributed by atoms with Crippen molar-refractivity contribution in [1.29, 1.82) is 0 Å². The summed E-state index contributed by atoms with van der Waals surface area (Å²) in [5, 5.41) is 9.90. The number of carbonyl (C=O) groups is 1. The summed E-state index contributed by atoms with van der Waals surface area (Å²) >= 11 is 1.51. The number of aromatic nitrogens is 2. The summed E-state index contributed by atoms with van der Waals surface area (Å²) in [5.74, 6) is -5.11. The second-order valence-electron chi connectivity index (χ2n) is 6.26. The molecule has 1 amide bonds. The van der Waals surface area contributed by atoms with Crippen molar-refractivity contribution in [2.24, 2.45) is 0 Å². The van der Waals surface area contributed by atoms with E-state index in [1.165, 1.54) is 18.4 Å². The third-order valence-corrected chi connectivity index (χ3v) is 5.41. The average Bonchev–Trinajstić information content (AvgIpc) is 2.92. The molecule has 0 aliphatic heterocycles. The van der Waals surface area contributed by atoms with Crippen molar-refractivity contribution >= 4 is 22.2 Å². The molecule has 5 nitrogen and oxygen atoms in total. The van der Waals surface area contributed by atoms with Gasteiger partial charge in [-0.2, -0.15) is 8.78 Å². The molecule has 1 fully saturated rings. The van der Waals surface area contributed by atoms with Gasteiger partial charge in [-0.25, -0.2) is 4.98 Å². The van der Waals surface area contributed by atoms with Gasteiger partial charge in [-0.15, -0.1) is 11.3 Å². The van der Waals surface area contributed by atoms with Crippen LogP contribution in [0.1, 0.15) is 35.5 Å². The largest absolute Gasteiger partial charge is 0.383 e. The number of carbonyl (C=O) groups excluding carboxylic acids is 1. The van der Waals surface area contributed by atoms with E-state index in [-0.39, 0.29) is 19.4 Å². The van der Waals surface area contributed by atoms with Crippen LogP contribution in [0.2, 0.25) is 0 Å². The summed E-state index contributed by atoms with van der Waals surface area (Å²) in [6.45, 7) is 3.75. The number of aliphatic hydroxyl groups is 1. The summed E-state index contributed by atoms with van der Waals surface area (Å²) in [4.78, 5) is 19.4. The van der Waals surface area contributed by atoms with Gasteiger partial charge >= 0.3 is 5.92 Å². The molecule has 0 radical (unpaired) electrons. The van der Waals surface area contributed by atoms with Crippen molar-refractivity contribution in [2.45, 2.75) is 51.2 Å². The first-order valence-electron chi connectivity index (χ1n) is 7.45. The Morgan fingerprint density at radius 1 is 1.52 bits per heavy atom. The van der Waals surface area contributed by atoms with Gasteiger partial charge in [0, 0.05) is 18.1 Å². The van der Waals surface area contributed by atoms with Crippen molar-refractivity contribution in [2.75, 3.05) is 7.05 Å². The molecule has 1 saturated carbocycles. The monoisotopic (exact) mass is 343 g/mol. The molecule has 0 bridgehead atoms. The predicted molar refractivity (Wildman–Crippen MR) is 82.8 cm³/mol. The van der Waals surface area contributed by atoms with Crippen LogP contribution in [0.25, 0.3) is 4.96 Å². The maximum Gasteiger partial charge on any atom is 0.352 e. The lowest BCUT2D eigenvalue weighted by atomic mass is 9.75. The molecule has 0 spiro atoms. The molecule has 8 heteroatoms. The maximum absolute atomic E-state index is 14.3. The molecule has 0 unspecified atom stereocenters. The molecule has 0 saturated heterocycles. The van der Waals surface area contributed by atoms with Crippen LogP contribution in [0.5, 0.6) is 0 Å². The van der Waals surface area contributed by atoms with Gasteiger partial charge in [-0.1, -0.05) is 0 Å². The zero-order chi connectivity index (χ0) is 17.0. The van der Waals surface area contributed by atoms with E-state index in [1.54, 1.807) is 6.92 Å². The molecule has 1 N–H and O–H groups in total. The number of fused-ring (bicyclic) bond motifs is 1. The van der Waals surface area contributed by atoms with E-state index in [9.17, 15) is 18.7 Å². The number of halogens is 2. The van der Waals surface area contributed by atoms with E-state index in [0.717, 1.165) is 14.7 Å². The van der Waals surface area contributed by atoms with Crippen LogP contribution in [0.15, 0.2) is 6.20 Å². The number of hydrogen-bond donors (Lipinski definition) is 1. The molecule has 1 aliphatic rings. The summed E-state index contributed by atoms with van der Waals surface area (Å²) in [7, 11) is 1.33. The minimum atomic E-state index is -3.76. The first-order valence-corrected chi connectivity index (χ1v) is 8.27. The second-order valence-corrected chi connectivity index (χ2v) is 7.47. The van der Waals surface area contributed by atoms with E-state index < -0.39 is 17.4 Å². The third-order valence-electron chi connectivity index (χ3n) is 4.51. The van der Waals surface area contributed by atoms with Crippen LogP contribution < -0.4 is 0 Å². The summed E-state index contributed by atoms with van der Waals surface area (Å²) < 4.78 is 30.4. The van der Waals surface area contributed by atoms with Crippen LogP contribution in [0, 0.1) is 13.8 Å². The number of hydrogen-bond acceptors (Lipinski definition) is 4. The number of nitrogens with zero attached hydrogens (tertiary/aromatic N) is 3. The van der Waals surface area contributed by atoms with Gasteiger partial charge in [-0.05, 0) is 33.1 Å². The fourth-order valence-corrected chi connectivity index (χ4v) is 3.75. The van der Waals surface area contributed by atoms with Gasteiger partial charge in [-0.3, -0.25) is 9.20 Å². The van der Waals surface area contributed by atoms with Crippen molar-refractivity contribution in [3.63, 3.8) is 0 Å². The standard InChI is InChI=1S/C15H19F2N3O2S/c1-9-7-20-11(10(2)18-13(20)23-9)8-19(3)12(21)15(16,17)14(22)5-4-6-14/h7,22H,4-6,8H2,1-3H3. The lowest BCUT2D eigenvalue weighted by Crippen LogP contribution is -2.60. The molecule has 2 aromatic rings. The fourth-order valence-electron chi connectivity index (χ4n) is 2.86. The van der Waals surface area contributed by atoms with Gasteiger partial charge in [0.2, 0.25) is 0 Å². The van der Waals surface area contributed by atoms with E-state index in [2.05, 4.69) is 4.98 Å². The molecule has 23 heavy (non-hydrogen) atoms. The van der Waals surface area contributed by atoms with Gasteiger partial charge in [0.25, 0.3) is 5.91 Å². The number of thiazole rings is 1. The van der Waals surface area contributed by atoms with E-state index in [0.29, 0.717) is 17.8 Å². The summed E-state index contributed by atoms with van der Waals surface area (Å²) in [6, 6.07) is 0. The number of imidazole rings is 1. The topological polar surface area (TPSA) is 57.8 Å². The van der Waals surface area contributed by atoms with Crippen LogP contribution in [0.4, 0.5) is 8.78 Å². The molecule has 2 aromatic heterocycles. The Balaban J connectivity index is 1.84. The van der Waals surface area contributed by atoms with Crippen molar-refractivity contribution in [3.05, 3.63) is 22.5 Å². The minimum Gasteiger partial charge on any atom is -0.383 e. The van der Waals surface area contributed by atoms with Crippen LogP contribution in [0.3, 0.4) is 0 Å². The summed E-state index contributed by atoms with van der Waals surface area (Å²) in [5.41, 5.74) is -0.780. The highest BCUT2D eigenvalue weighted by atomic mass is 32.1. The highest BCUT2D eigenvalue weighted by Crippen LogP contribution is 2.45. The SMILES string of the molecule is Cc1cn2c(CN(C)C(=O)C(F)(F)C3(O)CCC3)c(C)nc2s1. The molecule has 0 atom stereocenters. The molecule has 1 aliphatic carbocycles. The number of alkyl halides is 2. The van der Waals surface area contributed by atoms with Gasteiger partial charge < -0.3 is 10.0 Å². The third kappa shape index (κ3) is 2.44. The van der Waals surface area contributed by atoms with Crippen LogP contribution in [-0.4, -0.2) is 43.9 Å². The van der Waals surface area contributed by atoms with E-state index >= 15 is 0 Å². The first kappa shape index (κ1) is 16.3. The van der Waals surface area contributed by atoms with Gasteiger partial charge in [0.1, 0.15) is 5.60 Å². The number of amides is 1. The molecule has 3 rings (SSSR count). The zero-order valence-corrected chi connectivity index (χ0v) is 14.1. The maximum atomic E-state index is 14.3. The van der Waals surface area contributed by atoms with Crippen LogP contribution >= 0.6 is 11.3 Å². The molecular weight excluding hydrogens is 324 g/mol. The zero-order valence-electron chi connectivity index (χ0n) is 13.3. The Kier molecular flexibility index (Phi) is 3.72. The van der Waals surface area contributed by atoms with E-state index in [1.807, 2.05) is 17.5 Å². The van der Waals surface area contributed by atoms with E-state index in [4.69, 9.17) is 0 Å². The Bertz CT molecular complexity index is 764. The predicted octanol–water partition coefficient (Wildman–Crippen LogP) is 2.52. The normalized spacial score (nSPS) is 17.3. The molecular formula is C15H19F2N3O2S. The highest BCUT2D eigenvalue weighted by Gasteiger charge is 2.61. The second kappa shape index (κ2) is 5.24. The lowest BCUT2D eigenvalue weighted by Gasteiger charge is -2.42. The Labute approximate surface area is 136 Å². The molecule has 126 valence electrons. The van der Waals surface area contributed by atoms with Gasteiger partial charge in [0.05, 0.1) is 17.9 Å². The summed E-state index contributed by atoms with van der Waals surface area (Å²) in [6.07, 6.45) is 2.31. The number of aryl methyl sites for hydroxylation is 2. The fraction of sp³-hybridized carbons (Fsp3) is 0.600. The smallest absolute Gasteiger partial charge is 0.352 e. The van der Waals surface area contributed by atoms with Gasteiger partial charge in [0.15, 0.2) is 4.96 Å². The van der Waals surface area contributed by atoms with Crippen LogP contribution in [-0.2, 0) is 11.3 Å². The molecule has 0 aromatic carbocycles. The Hall–Kier alpha value is -1.54. The Morgan fingerprint density at radius 3 is 2.74 bits per heavy atom. The average molecular weight is 343 g/mol.